The number of likely N-dealkylation sites (tertiary alicyclic amines) is 1. The van der Waals surface area contributed by atoms with Gasteiger partial charge in [0.2, 0.25) is 6.79 Å². The molecule has 30 heavy (non-hydrogen) atoms. The van der Waals surface area contributed by atoms with E-state index in [1.54, 1.807) is 49.6 Å². The van der Waals surface area contributed by atoms with E-state index in [-0.39, 0.29) is 31.3 Å². The van der Waals surface area contributed by atoms with Crippen molar-refractivity contribution in [3.8, 4) is 17.2 Å². The maximum Gasteiger partial charge on any atom is 0.295 e. The maximum atomic E-state index is 12.9. The Balaban J connectivity index is 1.82. The van der Waals surface area contributed by atoms with Crippen molar-refractivity contribution in [3.05, 3.63) is 59.2 Å². The van der Waals surface area contributed by atoms with E-state index in [1.807, 2.05) is 0 Å². The van der Waals surface area contributed by atoms with Gasteiger partial charge < -0.3 is 29.0 Å². The van der Waals surface area contributed by atoms with Gasteiger partial charge in [-0.15, -0.1) is 0 Å². The van der Waals surface area contributed by atoms with Gasteiger partial charge in [-0.1, -0.05) is 12.1 Å². The molecule has 1 amide bonds. The number of ketones is 1. The Kier molecular flexibility index (Phi) is 5.33. The first-order chi connectivity index (χ1) is 14.5. The zero-order valence-corrected chi connectivity index (χ0v) is 16.6. The van der Waals surface area contributed by atoms with Crippen LogP contribution in [0.5, 0.6) is 17.2 Å². The number of amides is 1. The number of carbonyl (C=O) groups is 2. The summed E-state index contributed by atoms with van der Waals surface area (Å²) in [4.78, 5) is 27.1. The van der Waals surface area contributed by atoms with Gasteiger partial charge in [-0.05, 0) is 35.9 Å². The maximum absolute atomic E-state index is 12.9. The molecule has 156 valence electrons. The summed E-state index contributed by atoms with van der Waals surface area (Å²) in [5, 5.41) is 11.0. The molecule has 1 N–H and O–H groups in total. The summed E-state index contributed by atoms with van der Waals surface area (Å²) >= 11 is 0. The first-order valence-electron chi connectivity index (χ1n) is 9.36. The van der Waals surface area contributed by atoms with Gasteiger partial charge in [0.15, 0.2) is 11.5 Å². The average molecular weight is 411 g/mol. The Morgan fingerprint density at radius 3 is 2.53 bits per heavy atom. The Labute approximate surface area is 173 Å². The van der Waals surface area contributed by atoms with E-state index >= 15 is 0 Å². The third-order valence-corrected chi connectivity index (χ3v) is 5.15. The van der Waals surface area contributed by atoms with Crippen LogP contribution in [0.15, 0.2) is 48.0 Å². The summed E-state index contributed by atoms with van der Waals surface area (Å²) in [6, 6.07) is 11.1. The Morgan fingerprint density at radius 1 is 1.10 bits per heavy atom. The quantitative estimate of drug-likeness (QED) is 0.443. The number of hydrogen-bond acceptors (Lipinski definition) is 7. The highest BCUT2D eigenvalue weighted by atomic mass is 16.7. The molecule has 0 aliphatic carbocycles. The van der Waals surface area contributed by atoms with E-state index in [2.05, 4.69) is 0 Å². The number of benzene rings is 2. The molecule has 2 aromatic rings. The van der Waals surface area contributed by atoms with Crippen molar-refractivity contribution in [1.29, 1.82) is 0 Å². The lowest BCUT2D eigenvalue weighted by molar-refractivity contribution is -0.140. The van der Waals surface area contributed by atoms with Gasteiger partial charge in [-0.25, -0.2) is 0 Å². The van der Waals surface area contributed by atoms with Gasteiger partial charge in [-0.2, -0.15) is 0 Å². The lowest BCUT2D eigenvalue weighted by Gasteiger charge is -2.25. The first-order valence-corrected chi connectivity index (χ1v) is 9.36. The van der Waals surface area contributed by atoms with Gasteiger partial charge in [0.05, 0.1) is 25.3 Å². The second kappa shape index (κ2) is 8.08. The number of Topliss-reactive ketones (excluding diaryl/α,β-unsaturated/α-hetero) is 1. The van der Waals surface area contributed by atoms with Crippen LogP contribution >= 0.6 is 0 Å². The van der Waals surface area contributed by atoms with Crippen LogP contribution in [-0.2, 0) is 14.3 Å². The molecule has 0 spiro atoms. The minimum Gasteiger partial charge on any atom is -0.507 e. The number of rotatable bonds is 6. The fraction of sp³-hybridized carbons (Fsp3) is 0.273. The normalized spacial score (nSPS) is 19.4. The summed E-state index contributed by atoms with van der Waals surface area (Å²) in [6.45, 7) is 0.548. The predicted octanol–water partition coefficient (Wildman–Crippen LogP) is 2.49. The zero-order chi connectivity index (χ0) is 21.3. The van der Waals surface area contributed by atoms with E-state index in [0.29, 0.717) is 28.4 Å². The lowest BCUT2D eigenvalue weighted by atomic mass is 9.95. The lowest BCUT2D eigenvalue weighted by Crippen LogP contribution is -2.32. The van der Waals surface area contributed by atoms with E-state index in [1.165, 1.54) is 12.0 Å². The van der Waals surface area contributed by atoms with Crippen molar-refractivity contribution in [3.63, 3.8) is 0 Å². The standard InChI is InChI=1S/C22H21NO7/c1-27-10-9-23-19(13-3-6-15(28-2)7-4-13)18(21(25)22(23)26)20(24)14-5-8-16-17(11-14)30-12-29-16/h3-8,11,19,24H,9-10,12H2,1-2H3/b20-18-. The number of methoxy groups -OCH3 is 2. The number of nitrogens with zero attached hydrogens (tertiary/aromatic N) is 1. The van der Waals surface area contributed by atoms with Crippen LogP contribution in [0.25, 0.3) is 5.76 Å². The molecule has 0 aromatic heterocycles. The van der Waals surface area contributed by atoms with E-state index in [4.69, 9.17) is 18.9 Å². The molecule has 4 rings (SSSR count). The van der Waals surface area contributed by atoms with Gasteiger partial charge in [0.1, 0.15) is 11.5 Å². The van der Waals surface area contributed by atoms with Crippen LogP contribution in [0.2, 0.25) is 0 Å². The molecule has 1 fully saturated rings. The van der Waals surface area contributed by atoms with Crippen molar-refractivity contribution >= 4 is 17.4 Å². The number of aliphatic hydroxyl groups excluding tert-OH is 1. The van der Waals surface area contributed by atoms with Crippen molar-refractivity contribution in [2.24, 2.45) is 0 Å². The summed E-state index contributed by atoms with van der Waals surface area (Å²) in [6.07, 6.45) is 0. The van der Waals surface area contributed by atoms with Crippen LogP contribution < -0.4 is 14.2 Å². The Bertz CT molecular complexity index is 1010. The molecule has 0 bridgehead atoms. The smallest absolute Gasteiger partial charge is 0.295 e. The first kappa shape index (κ1) is 19.8. The summed E-state index contributed by atoms with van der Waals surface area (Å²) < 4.78 is 21.0. The minimum atomic E-state index is -0.753. The largest absolute Gasteiger partial charge is 0.507 e. The molecular formula is C22H21NO7. The molecule has 2 aliphatic heterocycles. The molecule has 2 heterocycles. The molecular weight excluding hydrogens is 390 g/mol. The third-order valence-electron chi connectivity index (χ3n) is 5.15. The number of fused-ring (bicyclic) bond motifs is 1. The topological polar surface area (TPSA) is 94.5 Å². The highest BCUT2D eigenvalue weighted by Crippen LogP contribution is 2.41. The Morgan fingerprint density at radius 2 is 1.83 bits per heavy atom. The van der Waals surface area contributed by atoms with Crippen molar-refractivity contribution in [2.45, 2.75) is 6.04 Å². The van der Waals surface area contributed by atoms with Crippen molar-refractivity contribution < 1.29 is 33.6 Å². The van der Waals surface area contributed by atoms with Crippen LogP contribution in [0.1, 0.15) is 17.2 Å². The fourth-order valence-electron chi connectivity index (χ4n) is 3.63. The third kappa shape index (κ3) is 3.35. The summed E-state index contributed by atoms with van der Waals surface area (Å²) in [5.74, 6) is -0.0412. The predicted molar refractivity (Wildman–Crippen MR) is 106 cm³/mol. The Hall–Kier alpha value is -3.52. The SMILES string of the molecule is COCCN1C(=O)C(=O)/C(=C(\O)c2ccc3c(c2)OCO3)C1c1ccc(OC)cc1. The molecule has 2 aromatic carbocycles. The van der Waals surface area contributed by atoms with Gasteiger partial charge in [0.25, 0.3) is 11.7 Å². The highest BCUT2D eigenvalue weighted by molar-refractivity contribution is 6.46. The van der Waals surface area contributed by atoms with Crippen molar-refractivity contribution in [2.75, 3.05) is 34.2 Å². The number of carbonyl (C=O) groups excluding carboxylic acids is 2. The van der Waals surface area contributed by atoms with Crippen LogP contribution in [0.3, 0.4) is 0 Å². The van der Waals surface area contributed by atoms with Crippen LogP contribution in [0, 0.1) is 0 Å². The average Bonchev–Trinajstić information content (AvgIpc) is 3.34. The molecule has 8 nitrogen and oxygen atoms in total. The highest BCUT2D eigenvalue weighted by Gasteiger charge is 2.46. The summed E-state index contributed by atoms with van der Waals surface area (Å²) in [7, 11) is 3.07. The van der Waals surface area contributed by atoms with E-state index in [9.17, 15) is 14.7 Å². The second-order valence-corrected chi connectivity index (χ2v) is 6.83. The zero-order valence-electron chi connectivity index (χ0n) is 16.6. The molecule has 1 saturated heterocycles. The molecule has 0 radical (unpaired) electrons. The molecule has 8 heteroatoms. The molecule has 1 atom stereocenters. The molecule has 0 saturated carbocycles. The van der Waals surface area contributed by atoms with Gasteiger partial charge >= 0.3 is 0 Å². The second-order valence-electron chi connectivity index (χ2n) is 6.83. The number of hydrogen-bond donors (Lipinski definition) is 1. The summed E-state index contributed by atoms with van der Waals surface area (Å²) in [5.41, 5.74) is 1.05. The van der Waals surface area contributed by atoms with Crippen LogP contribution in [0.4, 0.5) is 0 Å². The van der Waals surface area contributed by atoms with E-state index < -0.39 is 17.7 Å². The molecule has 1 unspecified atom stereocenters. The van der Waals surface area contributed by atoms with Gasteiger partial charge in [0, 0.05) is 19.2 Å². The fourth-order valence-corrected chi connectivity index (χ4v) is 3.63. The van der Waals surface area contributed by atoms with Crippen molar-refractivity contribution in [1.82, 2.24) is 4.90 Å². The number of aliphatic hydroxyl groups is 1. The van der Waals surface area contributed by atoms with Crippen LogP contribution in [-0.4, -0.2) is 55.9 Å². The number of ether oxygens (including phenoxy) is 4. The monoisotopic (exact) mass is 411 g/mol. The van der Waals surface area contributed by atoms with Gasteiger partial charge in [-0.3, -0.25) is 9.59 Å². The van der Waals surface area contributed by atoms with E-state index in [0.717, 1.165) is 0 Å². The minimum absolute atomic E-state index is 0.0140. The molecule has 2 aliphatic rings.